The zero-order valence-electron chi connectivity index (χ0n) is 10.6. The molecule has 0 bridgehead atoms. The molecule has 3 heterocycles. The molecule has 7 heteroatoms. The number of hydrogen-bond acceptors (Lipinski definition) is 6. The van der Waals surface area contributed by atoms with Crippen LogP contribution in [0, 0.1) is 0 Å². The van der Waals surface area contributed by atoms with Crippen molar-refractivity contribution in [3.05, 3.63) is 34.4 Å². The summed E-state index contributed by atoms with van der Waals surface area (Å²) in [5.74, 6) is 0.112. The van der Waals surface area contributed by atoms with Crippen LogP contribution < -0.4 is 5.32 Å². The summed E-state index contributed by atoms with van der Waals surface area (Å²) in [5, 5.41) is 12.1. The van der Waals surface area contributed by atoms with Gasteiger partial charge in [-0.1, -0.05) is 11.2 Å². The van der Waals surface area contributed by atoms with Crippen molar-refractivity contribution in [2.75, 3.05) is 11.9 Å². The molecule has 0 aromatic carbocycles. The van der Waals surface area contributed by atoms with Gasteiger partial charge in [0.1, 0.15) is 6.10 Å². The Morgan fingerprint density at radius 3 is 3.20 bits per heavy atom. The van der Waals surface area contributed by atoms with Gasteiger partial charge in [0, 0.05) is 17.6 Å². The fraction of sp³-hybridized carbons (Fsp3) is 0.308. The molecule has 6 nitrogen and oxygen atoms in total. The third kappa shape index (κ3) is 3.12. The summed E-state index contributed by atoms with van der Waals surface area (Å²) in [6.45, 7) is 0.707. The lowest BCUT2D eigenvalue weighted by Crippen LogP contribution is -2.07. The van der Waals surface area contributed by atoms with Crippen LogP contribution in [-0.2, 0) is 9.53 Å². The summed E-state index contributed by atoms with van der Waals surface area (Å²) < 4.78 is 10.8. The van der Waals surface area contributed by atoms with E-state index in [2.05, 4.69) is 15.5 Å². The molecule has 1 saturated heterocycles. The first-order valence-electron chi connectivity index (χ1n) is 6.29. The smallest absolute Gasteiger partial charge is 0.322 e. The zero-order chi connectivity index (χ0) is 13.8. The van der Waals surface area contributed by atoms with Crippen LogP contribution in [0.5, 0.6) is 0 Å². The second-order valence-corrected chi connectivity index (χ2v) is 5.26. The monoisotopic (exact) mass is 291 g/mol. The summed E-state index contributed by atoms with van der Waals surface area (Å²) in [4.78, 5) is 12.7. The van der Waals surface area contributed by atoms with Crippen LogP contribution in [0.25, 0.3) is 6.08 Å². The van der Waals surface area contributed by atoms with Gasteiger partial charge in [0.05, 0.1) is 0 Å². The van der Waals surface area contributed by atoms with Crippen molar-refractivity contribution in [2.24, 2.45) is 0 Å². The summed E-state index contributed by atoms with van der Waals surface area (Å²) in [7, 11) is 0. The molecular weight excluding hydrogens is 278 g/mol. The molecule has 0 radical (unpaired) electrons. The Kier molecular flexibility index (Phi) is 3.89. The number of nitrogens with zero attached hydrogens (tertiary/aromatic N) is 2. The van der Waals surface area contributed by atoms with E-state index in [1.54, 1.807) is 17.4 Å². The van der Waals surface area contributed by atoms with Crippen molar-refractivity contribution in [3.8, 4) is 0 Å². The molecule has 1 amide bonds. The number of thiophene rings is 1. The van der Waals surface area contributed by atoms with Crippen LogP contribution in [0.4, 0.5) is 6.01 Å². The molecule has 0 saturated carbocycles. The van der Waals surface area contributed by atoms with Gasteiger partial charge in [0.2, 0.25) is 5.89 Å². The van der Waals surface area contributed by atoms with Crippen molar-refractivity contribution in [3.63, 3.8) is 0 Å². The highest BCUT2D eigenvalue weighted by Crippen LogP contribution is 2.28. The highest BCUT2D eigenvalue weighted by atomic mass is 32.1. The van der Waals surface area contributed by atoms with Crippen LogP contribution in [-0.4, -0.2) is 22.7 Å². The molecule has 20 heavy (non-hydrogen) atoms. The van der Waals surface area contributed by atoms with Gasteiger partial charge < -0.3 is 9.15 Å². The maximum atomic E-state index is 11.7. The molecule has 0 aliphatic carbocycles. The Morgan fingerprint density at radius 1 is 1.50 bits per heavy atom. The predicted octanol–water partition coefficient (Wildman–Crippen LogP) is 2.63. The minimum Gasteiger partial charge on any atom is -0.405 e. The van der Waals surface area contributed by atoms with Gasteiger partial charge in [-0.2, -0.15) is 0 Å². The van der Waals surface area contributed by atoms with E-state index >= 15 is 0 Å². The Balaban J connectivity index is 1.58. The lowest BCUT2D eigenvalue weighted by atomic mass is 10.2. The molecule has 2 aromatic rings. The zero-order valence-corrected chi connectivity index (χ0v) is 11.4. The Labute approximate surface area is 119 Å². The molecule has 3 rings (SSSR count). The number of anilines is 1. The third-order valence-electron chi connectivity index (χ3n) is 2.82. The van der Waals surface area contributed by atoms with E-state index in [9.17, 15) is 4.79 Å². The maximum Gasteiger partial charge on any atom is 0.322 e. The Hall–Kier alpha value is -1.99. The number of amides is 1. The van der Waals surface area contributed by atoms with Crippen molar-refractivity contribution < 1.29 is 13.9 Å². The average molecular weight is 291 g/mol. The second-order valence-electron chi connectivity index (χ2n) is 4.29. The van der Waals surface area contributed by atoms with Crippen molar-refractivity contribution >= 4 is 29.3 Å². The topological polar surface area (TPSA) is 77.2 Å². The van der Waals surface area contributed by atoms with Crippen LogP contribution in [0.3, 0.4) is 0 Å². The van der Waals surface area contributed by atoms with E-state index < -0.39 is 0 Å². The lowest BCUT2D eigenvalue weighted by Gasteiger charge is -2.01. The first-order valence-corrected chi connectivity index (χ1v) is 7.17. The minimum atomic E-state index is -0.305. The molecular formula is C13H13N3O3S. The molecule has 2 aromatic heterocycles. The SMILES string of the molecule is O=C(/C=C/c1cccs1)Nc1nnc([C@@H]2CCCO2)o1. The highest BCUT2D eigenvalue weighted by Gasteiger charge is 2.23. The number of hydrogen-bond donors (Lipinski definition) is 1. The average Bonchev–Trinajstić information content (AvgIpc) is 3.18. The first-order chi connectivity index (χ1) is 9.81. The van der Waals surface area contributed by atoms with E-state index in [0.29, 0.717) is 12.5 Å². The van der Waals surface area contributed by atoms with Crippen LogP contribution in [0.2, 0.25) is 0 Å². The minimum absolute atomic E-state index is 0.0938. The Bertz CT molecular complexity index is 600. The lowest BCUT2D eigenvalue weighted by molar-refractivity contribution is -0.112. The van der Waals surface area contributed by atoms with Crippen molar-refractivity contribution in [2.45, 2.75) is 18.9 Å². The maximum absolute atomic E-state index is 11.7. The van der Waals surface area contributed by atoms with E-state index in [1.807, 2.05) is 17.5 Å². The molecule has 1 N–H and O–H groups in total. The number of carbonyl (C=O) groups excluding carboxylic acids is 1. The molecule has 1 aliphatic heterocycles. The number of nitrogens with one attached hydrogen (secondary N) is 1. The summed E-state index contributed by atoms with van der Waals surface area (Å²) in [6.07, 6.45) is 4.88. The van der Waals surface area contributed by atoms with Crippen LogP contribution >= 0.6 is 11.3 Å². The molecule has 1 atom stereocenters. The predicted molar refractivity (Wildman–Crippen MR) is 74.2 cm³/mol. The number of ether oxygens (including phenoxy) is 1. The van der Waals surface area contributed by atoms with Gasteiger partial charge in [-0.25, -0.2) is 0 Å². The fourth-order valence-corrected chi connectivity index (χ4v) is 2.50. The molecule has 0 spiro atoms. The largest absolute Gasteiger partial charge is 0.405 e. The molecule has 0 unspecified atom stereocenters. The standard InChI is InChI=1S/C13H13N3O3S/c17-11(6-5-9-3-2-8-20-9)14-13-16-15-12(19-13)10-4-1-7-18-10/h2-3,5-6,8,10H,1,4,7H2,(H,14,16,17)/b6-5+/t10-/m0/s1. The van der Waals surface area contributed by atoms with Crippen molar-refractivity contribution in [1.29, 1.82) is 0 Å². The summed E-state index contributed by atoms with van der Waals surface area (Å²) in [6, 6.07) is 3.95. The van der Waals surface area contributed by atoms with Crippen molar-refractivity contribution in [1.82, 2.24) is 10.2 Å². The molecule has 104 valence electrons. The van der Waals surface area contributed by atoms with Crippen LogP contribution in [0.15, 0.2) is 28.0 Å². The quantitative estimate of drug-likeness (QED) is 0.876. The van der Waals surface area contributed by atoms with Crippen LogP contribution in [0.1, 0.15) is 29.7 Å². The van der Waals surface area contributed by atoms with Gasteiger partial charge in [-0.3, -0.25) is 10.1 Å². The summed E-state index contributed by atoms with van der Waals surface area (Å²) >= 11 is 1.56. The third-order valence-corrected chi connectivity index (χ3v) is 3.66. The second kappa shape index (κ2) is 5.98. The summed E-state index contributed by atoms with van der Waals surface area (Å²) in [5.41, 5.74) is 0. The van der Waals surface area contributed by atoms with Gasteiger partial charge in [-0.05, 0) is 30.4 Å². The van der Waals surface area contributed by atoms with Gasteiger partial charge in [0.25, 0.3) is 5.91 Å². The highest BCUT2D eigenvalue weighted by molar-refractivity contribution is 7.10. The van der Waals surface area contributed by atoms with Gasteiger partial charge >= 0.3 is 6.01 Å². The first kappa shape index (κ1) is 13.0. The van der Waals surface area contributed by atoms with E-state index in [0.717, 1.165) is 17.7 Å². The normalized spacial score (nSPS) is 18.7. The van der Waals surface area contributed by atoms with Gasteiger partial charge in [-0.15, -0.1) is 16.4 Å². The Morgan fingerprint density at radius 2 is 2.45 bits per heavy atom. The molecule has 1 fully saturated rings. The number of rotatable bonds is 4. The van der Waals surface area contributed by atoms with E-state index in [4.69, 9.17) is 9.15 Å². The molecule has 1 aliphatic rings. The van der Waals surface area contributed by atoms with Gasteiger partial charge in [0.15, 0.2) is 0 Å². The number of aromatic nitrogens is 2. The number of carbonyl (C=O) groups is 1. The van der Waals surface area contributed by atoms with E-state index in [-0.39, 0.29) is 18.0 Å². The fourth-order valence-electron chi connectivity index (χ4n) is 1.88. The van der Waals surface area contributed by atoms with E-state index in [1.165, 1.54) is 6.08 Å².